The van der Waals surface area contributed by atoms with E-state index in [0.29, 0.717) is 11.1 Å². The number of carbonyl (C=O) groups excluding carboxylic acids is 1. The Bertz CT molecular complexity index is 744. The van der Waals surface area contributed by atoms with E-state index in [2.05, 4.69) is 52.9 Å². The number of nitrogens with one attached hydrogen (secondary N) is 2. The van der Waals surface area contributed by atoms with Crippen LogP contribution in [-0.2, 0) is 0 Å². The highest BCUT2D eigenvalue weighted by atomic mass is 79.9. The Morgan fingerprint density at radius 3 is 1.71 bits per heavy atom. The molecule has 0 unspecified atom stereocenters. The van der Waals surface area contributed by atoms with Crippen LogP contribution in [0.4, 0.5) is 4.79 Å². The summed E-state index contributed by atoms with van der Waals surface area (Å²) in [4.78, 5) is 11.5. The predicted octanol–water partition coefficient (Wildman–Crippen LogP) is 3.29. The lowest BCUT2D eigenvalue weighted by Crippen LogP contribution is -2.28. The molecule has 2 amide bonds. The highest BCUT2D eigenvalue weighted by Gasteiger charge is 2.01. The summed E-state index contributed by atoms with van der Waals surface area (Å²) in [6.45, 7) is 0. The van der Waals surface area contributed by atoms with E-state index >= 15 is 0 Å². The van der Waals surface area contributed by atoms with Gasteiger partial charge in [-0.2, -0.15) is 10.2 Å². The molecule has 124 valence electrons. The van der Waals surface area contributed by atoms with Crippen LogP contribution in [0.2, 0.25) is 0 Å². The lowest BCUT2D eigenvalue weighted by Gasteiger charge is -2.01. The maximum absolute atomic E-state index is 11.5. The molecule has 0 aromatic heterocycles. The van der Waals surface area contributed by atoms with Crippen LogP contribution in [0.1, 0.15) is 11.1 Å². The van der Waals surface area contributed by atoms with Crippen molar-refractivity contribution in [3.63, 3.8) is 0 Å². The van der Waals surface area contributed by atoms with Crippen LogP contribution in [0, 0.1) is 0 Å². The van der Waals surface area contributed by atoms with Crippen LogP contribution in [-0.4, -0.2) is 28.7 Å². The summed E-state index contributed by atoms with van der Waals surface area (Å²) >= 11 is 6.54. The van der Waals surface area contributed by atoms with Crippen LogP contribution < -0.4 is 10.9 Å². The van der Waals surface area contributed by atoms with Crippen molar-refractivity contribution in [2.75, 3.05) is 0 Å². The molecular weight excluding hydrogens is 444 g/mol. The third-order valence-electron chi connectivity index (χ3n) is 2.72. The average Bonchev–Trinajstić information content (AvgIpc) is 2.54. The molecule has 0 aliphatic heterocycles. The van der Waals surface area contributed by atoms with E-state index in [0.717, 1.165) is 8.95 Å². The van der Waals surface area contributed by atoms with Crippen LogP contribution in [0.3, 0.4) is 0 Å². The predicted molar refractivity (Wildman–Crippen MR) is 98.5 cm³/mol. The monoisotopic (exact) mass is 454 g/mol. The first-order valence-electron chi connectivity index (χ1n) is 6.55. The van der Waals surface area contributed by atoms with Gasteiger partial charge in [-0.1, -0.05) is 31.9 Å². The van der Waals surface area contributed by atoms with Crippen molar-refractivity contribution in [3.05, 3.63) is 56.5 Å². The third-order valence-corrected chi connectivity index (χ3v) is 3.71. The molecule has 2 rings (SSSR count). The molecule has 0 aliphatic rings. The summed E-state index contributed by atoms with van der Waals surface area (Å²) in [6, 6.07) is 8.98. The van der Waals surface area contributed by atoms with Crippen LogP contribution in [0.5, 0.6) is 11.5 Å². The number of aromatic hydroxyl groups is 2. The molecule has 9 heteroatoms. The number of phenols is 2. The minimum absolute atomic E-state index is 0.0345. The van der Waals surface area contributed by atoms with Gasteiger partial charge in [0.1, 0.15) is 11.5 Å². The molecule has 0 radical (unpaired) electrons. The zero-order chi connectivity index (χ0) is 17.5. The lowest BCUT2D eigenvalue weighted by molar-refractivity contribution is 0.242. The van der Waals surface area contributed by atoms with E-state index in [9.17, 15) is 15.0 Å². The first-order valence-corrected chi connectivity index (χ1v) is 8.13. The number of hydrazone groups is 2. The molecule has 0 saturated heterocycles. The van der Waals surface area contributed by atoms with Crippen molar-refractivity contribution in [3.8, 4) is 11.5 Å². The number of hydrogen-bond acceptors (Lipinski definition) is 5. The Balaban J connectivity index is 1.89. The van der Waals surface area contributed by atoms with Crippen LogP contribution in [0.25, 0.3) is 0 Å². The van der Waals surface area contributed by atoms with Gasteiger partial charge in [-0.05, 0) is 36.4 Å². The number of urea groups is 1. The van der Waals surface area contributed by atoms with Crippen molar-refractivity contribution < 1.29 is 15.0 Å². The highest BCUT2D eigenvalue weighted by Crippen LogP contribution is 2.20. The highest BCUT2D eigenvalue weighted by molar-refractivity contribution is 9.10. The van der Waals surface area contributed by atoms with E-state index in [1.54, 1.807) is 24.3 Å². The Labute approximate surface area is 154 Å². The first kappa shape index (κ1) is 18.0. The van der Waals surface area contributed by atoms with Crippen molar-refractivity contribution >= 4 is 50.3 Å². The number of benzene rings is 2. The van der Waals surface area contributed by atoms with Crippen molar-refractivity contribution in [2.45, 2.75) is 0 Å². The smallest absolute Gasteiger partial charge is 0.355 e. The van der Waals surface area contributed by atoms with E-state index in [1.807, 2.05) is 0 Å². The Morgan fingerprint density at radius 2 is 1.29 bits per heavy atom. The first-order chi connectivity index (χ1) is 11.5. The van der Waals surface area contributed by atoms with Gasteiger partial charge in [0.2, 0.25) is 0 Å². The van der Waals surface area contributed by atoms with Gasteiger partial charge in [0.05, 0.1) is 12.4 Å². The van der Waals surface area contributed by atoms with Crippen molar-refractivity contribution in [1.82, 2.24) is 10.9 Å². The molecule has 4 N–H and O–H groups in total. The van der Waals surface area contributed by atoms with Gasteiger partial charge in [-0.25, -0.2) is 15.6 Å². The summed E-state index contributed by atoms with van der Waals surface area (Å²) in [5.74, 6) is 0.0691. The van der Waals surface area contributed by atoms with E-state index in [-0.39, 0.29) is 11.5 Å². The Hall–Kier alpha value is -2.39. The normalized spacial score (nSPS) is 11.1. The van der Waals surface area contributed by atoms with Gasteiger partial charge in [-0.15, -0.1) is 0 Å². The van der Waals surface area contributed by atoms with Gasteiger partial charge < -0.3 is 10.2 Å². The zero-order valence-corrected chi connectivity index (χ0v) is 15.2. The van der Waals surface area contributed by atoms with Crippen molar-refractivity contribution in [2.24, 2.45) is 10.2 Å². The van der Waals surface area contributed by atoms with Gasteiger partial charge in [-0.3, -0.25) is 0 Å². The standard InChI is InChI=1S/C15H12Br2N4O3/c16-11-1-3-13(22)9(5-11)7-18-20-15(24)21-19-8-10-6-12(17)2-4-14(10)23/h1-8,22-23H,(H2,20,21,24)/b18-7+,19-8+. The second-order valence-electron chi connectivity index (χ2n) is 4.48. The molecule has 2 aromatic rings. The Morgan fingerprint density at radius 1 is 0.875 bits per heavy atom. The topological polar surface area (TPSA) is 106 Å². The number of amides is 2. The fourth-order valence-electron chi connectivity index (χ4n) is 1.60. The number of nitrogens with zero attached hydrogens (tertiary/aromatic N) is 2. The molecule has 0 heterocycles. The van der Waals surface area contributed by atoms with Gasteiger partial charge >= 0.3 is 6.03 Å². The van der Waals surface area contributed by atoms with E-state index < -0.39 is 6.03 Å². The maximum Gasteiger partial charge on any atom is 0.355 e. The van der Waals surface area contributed by atoms with E-state index in [1.165, 1.54) is 24.6 Å². The van der Waals surface area contributed by atoms with Crippen molar-refractivity contribution in [1.29, 1.82) is 0 Å². The summed E-state index contributed by atoms with van der Waals surface area (Å²) in [5.41, 5.74) is 5.27. The average molecular weight is 456 g/mol. The van der Waals surface area contributed by atoms with Gasteiger partial charge in [0.25, 0.3) is 0 Å². The second-order valence-corrected chi connectivity index (χ2v) is 6.31. The minimum Gasteiger partial charge on any atom is -0.507 e. The fraction of sp³-hybridized carbons (Fsp3) is 0. The largest absolute Gasteiger partial charge is 0.507 e. The number of rotatable bonds is 4. The fourth-order valence-corrected chi connectivity index (χ4v) is 2.36. The summed E-state index contributed by atoms with van der Waals surface area (Å²) in [7, 11) is 0. The number of halogens is 2. The quantitative estimate of drug-likeness (QED) is 0.419. The summed E-state index contributed by atoms with van der Waals surface area (Å²) < 4.78 is 1.54. The summed E-state index contributed by atoms with van der Waals surface area (Å²) in [6.07, 6.45) is 2.59. The molecule has 7 nitrogen and oxygen atoms in total. The zero-order valence-electron chi connectivity index (χ0n) is 12.1. The number of carbonyl (C=O) groups is 1. The molecule has 2 aromatic carbocycles. The lowest BCUT2D eigenvalue weighted by atomic mass is 10.2. The van der Waals surface area contributed by atoms with Gasteiger partial charge in [0, 0.05) is 20.1 Å². The molecule has 0 saturated carbocycles. The van der Waals surface area contributed by atoms with Crippen LogP contribution in [0.15, 0.2) is 55.5 Å². The molecule has 0 bridgehead atoms. The number of hydrogen-bond donors (Lipinski definition) is 4. The molecular formula is C15H12Br2N4O3. The third kappa shape index (κ3) is 5.36. The van der Waals surface area contributed by atoms with Gasteiger partial charge in [0.15, 0.2) is 0 Å². The van der Waals surface area contributed by atoms with E-state index in [4.69, 9.17) is 0 Å². The number of phenolic OH excluding ortho intramolecular Hbond substituents is 2. The maximum atomic E-state index is 11.5. The molecule has 0 fully saturated rings. The SMILES string of the molecule is O=C(N/N=C/c1cc(Br)ccc1O)N/N=C/c1cc(Br)ccc1O. The molecule has 0 atom stereocenters. The molecule has 24 heavy (non-hydrogen) atoms. The Kier molecular flexibility index (Phi) is 6.33. The summed E-state index contributed by atoms with van der Waals surface area (Å²) in [5, 5.41) is 26.7. The molecule has 0 aliphatic carbocycles. The second kappa shape index (κ2) is 8.46. The molecule has 0 spiro atoms. The van der Waals surface area contributed by atoms with Crippen LogP contribution >= 0.6 is 31.9 Å². The minimum atomic E-state index is -0.675.